The van der Waals surface area contributed by atoms with Crippen molar-refractivity contribution in [1.29, 1.82) is 0 Å². The normalized spacial score (nSPS) is 10.4. The van der Waals surface area contributed by atoms with Crippen molar-refractivity contribution in [2.24, 2.45) is 10.2 Å². The lowest BCUT2D eigenvalue weighted by Crippen LogP contribution is -2.11. The zero-order valence-electron chi connectivity index (χ0n) is 12.7. The van der Waals surface area contributed by atoms with E-state index in [-0.39, 0.29) is 0 Å². The van der Waals surface area contributed by atoms with E-state index in [2.05, 4.69) is 37.9 Å². The van der Waals surface area contributed by atoms with Crippen LogP contribution in [0.15, 0.2) is 84.1 Å². The quantitative estimate of drug-likeness (QED) is 0.398. The summed E-state index contributed by atoms with van der Waals surface area (Å²) in [5.74, 6) is 0. The fourth-order valence-corrected chi connectivity index (χ4v) is 1.91. The molecule has 0 N–H and O–H groups in total. The Balaban J connectivity index is 1.95. The van der Waals surface area contributed by atoms with Crippen molar-refractivity contribution in [2.45, 2.75) is 12.6 Å². The van der Waals surface area contributed by atoms with Crippen molar-refractivity contribution in [3.05, 3.63) is 73.8 Å². The number of rotatable bonds is 8. The van der Waals surface area contributed by atoms with Crippen LogP contribution in [-0.2, 0) is 0 Å². The number of benzene rings is 2. The zero-order valence-corrected chi connectivity index (χ0v) is 12.7. The molecule has 0 fully saturated rings. The summed E-state index contributed by atoms with van der Waals surface area (Å²) in [5, 5.41) is 8.51. The van der Waals surface area contributed by atoms with Crippen LogP contribution in [0.4, 0.5) is 11.4 Å². The van der Waals surface area contributed by atoms with Gasteiger partial charge in [-0.15, -0.1) is 13.2 Å². The van der Waals surface area contributed by atoms with Gasteiger partial charge in [0.05, 0.1) is 11.4 Å². The van der Waals surface area contributed by atoms with Crippen molar-refractivity contribution in [2.75, 3.05) is 0 Å². The molecule has 4 heteroatoms. The summed E-state index contributed by atoms with van der Waals surface area (Å²) in [6.45, 7) is 7.41. The van der Waals surface area contributed by atoms with Crippen molar-refractivity contribution in [3.8, 4) is 0 Å². The molecule has 2 aromatic carbocycles. The van der Waals surface area contributed by atoms with Gasteiger partial charge in [0.15, 0.2) is 14.6 Å². The standard InChI is InChI=1S/C18H18B2N2/c1-3-13-19-15-5-9-17(10-6-15)21-22-18-11-7-16(8-12-18)20-14-4-2/h3-12H,1-2,13-14H2. The third-order valence-corrected chi connectivity index (χ3v) is 3.11. The van der Waals surface area contributed by atoms with Crippen molar-refractivity contribution in [3.63, 3.8) is 0 Å². The second-order valence-electron chi connectivity index (χ2n) is 4.84. The lowest BCUT2D eigenvalue weighted by molar-refractivity contribution is 1.23. The fraction of sp³-hybridized carbons (Fsp3) is 0.111. The highest BCUT2D eigenvalue weighted by atomic mass is 15.1. The number of hydrogen-bond acceptors (Lipinski definition) is 2. The lowest BCUT2D eigenvalue weighted by Gasteiger charge is -1.99. The van der Waals surface area contributed by atoms with Gasteiger partial charge in [-0.25, -0.2) is 0 Å². The Morgan fingerprint density at radius 3 is 1.36 bits per heavy atom. The van der Waals surface area contributed by atoms with Gasteiger partial charge in [0.2, 0.25) is 0 Å². The van der Waals surface area contributed by atoms with E-state index in [1.165, 1.54) is 10.9 Å². The van der Waals surface area contributed by atoms with Gasteiger partial charge in [0, 0.05) is 0 Å². The molecular formula is C18H18B2N2. The number of nitrogens with zero attached hydrogens (tertiary/aromatic N) is 2. The lowest BCUT2D eigenvalue weighted by atomic mass is 9.67. The molecule has 0 unspecified atom stereocenters. The average molecular weight is 284 g/mol. The maximum atomic E-state index is 4.25. The number of allylic oxidation sites excluding steroid dienone is 2. The minimum Gasteiger partial charge on any atom is -0.151 e. The van der Waals surface area contributed by atoms with Crippen LogP contribution in [-0.4, -0.2) is 14.6 Å². The maximum absolute atomic E-state index is 4.25. The first-order valence-electron chi connectivity index (χ1n) is 7.32. The Hall–Kier alpha value is -2.35. The van der Waals surface area contributed by atoms with Crippen LogP contribution in [0.5, 0.6) is 0 Å². The highest BCUT2D eigenvalue weighted by Crippen LogP contribution is 2.16. The largest absolute Gasteiger partial charge is 0.155 e. The van der Waals surface area contributed by atoms with Gasteiger partial charge in [-0.1, -0.05) is 60.0 Å². The van der Waals surface area contributed by atoms with E-state index in [0.29, 0.717) is 0 Å². The topological polar surface area (TPSA) is 24.7 Å². The van der Waals surface area contributed by atoms with Gasteiger partial charge < -0.3 is 0 Å². The SMILES string of the molecule is C=CC[B]c1ccc(N=Nc2ccc([B]CC=C)cc2)cc1. The third kappa shape index (κ3) is 5.21. The van der Waals surface area contributed by atoms with Crippen molar-refractivity contribution >= 4 is 36.9 Å². The Labute approximate surface area is 134 Å². The highest BCUT2D eigenvalue weighted by Gasteiger charge is 1.96. The van der Waals surface area contributed by atoms with Crippen molar-refractivity contribution < 1.29 is 0 Å². The molecule has 2 rings (SSSR count). The monoisotopic (exact) mass is 284 g/mol. The summed E-state index contributed by atoms with van der Waals surface area (Å²) >= 11 is 0. The van der Waals surface area contributed by atoms with E-state index in [0.717, 1.165) is 24.0 Å². The molecule has 0 aliphatic heterocycles. The molecule has 0 heterocycles. The molecule has 0 amide bonds. The first-order chi connectivity index (χ1) is 10.8. The van der Waals surface area contributed by atoms with Gasteiger partial charge >= 0.3 is 0 Å². The van der Waals surface area contributed by atoms with Gasteiger partial charge in [0.25, 0.3) is 0 Å². The van der Waals surface area contributed by atoms with Gasteiger partial charge in [-0.05, 0) is 24.3 Å². The van der Waals surface area contributed by atoms with Crippen LogP contribution >= 0.6 is 0 Å². The smallest absolute Gasteiger partial charge is 0.151 e. The highest BCUT2D eigenvalue weighted by molar-refractivity contribution is 6.54. The van der Waals surface area contributed by atoms with Crippen LogP contribution in [0.3, 0.4) is 0 Å². The second-order valence-corrected chi connectivity index (χ2v) is 4.84. The minimum atomic E-state index is 0.845. The summed E-state index contributed by atoms with van der Waals surface area (Å²) in [4.78, 5) is 0. The van der Waals surface area contributed by atoms with Crippen LogP contribution in [0.1, 0.15) is 0 Å². The predicted molar refractivity (Wildman–Crippen MR) is 97.8 cm³/mol. The molecular weight excluding hydrogens is 266 g/mol. The predicted octanol–water partition coefficient (Wildman–Crippen LogP) is 3.97. The van der Waals surface area contributed by atoms with E-state index >= 15 is 0 Å². The van der Waals surface area contributed by atoms with Gasteiger partial charge in [-0.2, -0.15) is 10.2 Å². The second kappa shape index (κ2) is 8.83. The van der Waals surface area contributed by atoms with Gasteiger partial charge in [0.1, 0.15) is 0 Å². The summed E-state index contributed by atoms with van der Waals surface area (Å²) in [7, 11) is 4.23. The van der Waals surface area contributed by atoms with Crippen LogP contribution in [0.2, 0.25) is 12.6 Å². The average Bonchev–Trinajstić information content (AvgIpc) is 2.58. The molecule has 2 radical (unpaired) electrons. The zero-order chi connectivity index (χ0) is 15.6. The van der Waals surface area contributed by atoms with E-state index in [1.54, 1.807) is 0 Å². The Kier molecular flexibility index (Phi) is 6.43. The molecule has 0 saturated carbocycles. The summed E-state index contributed by atoms with van der Waals surface area (Å²) < 4.78 is 0. The molecule has 22 heavy (non-hydrogen) atoms. The van der Waals surface area contributed by atoms with Crippen LogP contribution in [0, 0.1) is 0 Å². The summed E-state index contributed by atoms with van der Waals surface area (Å²) in [6, 6.07) is 16.0. The summed E-state index contributed by atoms with van der Waals surface area (Å²) in [6.07, 6.45) is 5.50. The summed E-state index contributed by atoms with van der Waals surface area (Å²) in [5.41, 5.74) is 4.03. The fourth-order valence-electron chi connectivity index (χ4n) is 1.91. The van der Waals surface area contributed by atoms with Crippen LogP contribution < -0.4 is 10.9 Å². The van der Waals surface area contributed by atoms with Crippen LogP contribution in [0.25, 0.3) is 0 Å². The molecule has 0 spiro atoms. The first-order valence-corrected chi connectivity index (χ1v) is 7.32. The molecule has 2 aromatic rings. The molecule has 0 aromatic heterocycles. The molecule has 0 bridgehead atoms. The van der Waals surface area contributed by atoms with E-state index < -0.39 is 0 Å². The number of hydrogen-bond donors (Lipinski definition) is 0. The van der Waals surface area contributed by atoms with Gasteiger partial charge in [-0.3, -0.25) is 0 Å². The van der Waals surface area contributed by atoms with E-state index in [4.69, 9.17) is 0 Å². The minimum absolute atomic E-state index is 0.845. The van der Waals surface area contributed by atoms with E-state index in [1.807, 2.05) is 60.7 Å². The Morgan fingerprint density at radius 2 is 1.05 bits per heavy atom. The third-order valence-electron chi connectivity index (χ3n) is 3.11. The molecule has 0 saturated heterocycles. The molecule has 106 valence electrons. The molecule has 0 aliphatic rings. The maximum Gasteiger partial charge on any atom is 0.155 e. The number of azo groups is 1. The Bertz CT molecular complexity index is 574. The Morgan fingerprint density at radius 1 is 0.682 bits per heavy atom. The van der Waals surface area contributed by atoms with E-state index in [9.17, 15) is 0 Å². The molecule has 0 atom stereocenters. The molecule has 0 aliphatic carbocycles. The first kappa shape index (κ1) is 16.0. The van der Waals surface area contributed by atoms with Crippen molar-refractivity contribution in [1.82, 2.24) is 0 Å². The molecule has 2 nitrogen and oxygen atoms in total.